The number of likely N-dealkylation sites (tertiary alicyclic amines) is 1. The summed E-state index contributed by atoms with van der Waals surface area (Å²) in [6, 6.07) is 12.2. The van der Waals surface area contributed by atoms with Crippen molar-refractivity contribution < 1.29 is 14.5 Å². The van der Waals surface area contributed by atoms with Crippen LogP contribution < -0.4 is 20.4 Å². The molecule has 2 aromatic rings. The number of carbonyl (C=O) groups excluding carboxylic acids is 2. The Labute approximate surface area is 172 Å². The molecule has 0 spiro atoms. The molecule has 0 bridgehead atoms. The average Bonchev–Trinajstić information content (AvgIpc) is 3.27. The van der Waals surface area contributed by atoms with Gasteiger partial charge in [-0.3, -0.25) is 14.6 Å². The monoisotopic (exact) mass is 396 g/mol. The number of benzene rings is 1. The maximum atomic E-state index is 12.3. The van der Waals surface area contributed by atoms with Crippen molar-refractivity contribution in [3.63, 3.8) is 0 Å². The van der Waals surface area contributed by atoms with Crippen LogP contribution in [0.2, 0.25) is 0 Å². The smallest absolute Gasteiger partial charge is 0.309 e. The predicted molar refractivity (Wildman–Crippen MR) is 113 cm³/mol. The van der Waals surface area contributed by atoms with Crippen LogP contribution in [0, 0.1) is 0 Å². The maximum Gasteiger partial charge on any atom is 0.309 e. The third kappa shape index (κ3) is 5.77. The van der Waals surface area contributed by atoms with Crippen LogP contribution >= 0.6 is 0 Å². The molecule has 0 saturated carbocycles. The number of rotatable bonds is 7. The summed E-state index contributed by atoms with van der Waals surface area (Å²) in [6.07, 6.45) is 5.71. The van der Waals surface area contributed by atoms with E-state index in [-0.39, 0.29) is 6.04 Å². The van der Waals surface area contributed by atoms with Crippen molar-refractivity contribution >= 4 is 17.5 Å². The quantitative estimate of drug-likeness (QED) is 0.589. The van der Waals surface area contributed by atoms with Gasteiger partial charge in [0.15, 0.2) is 0 Å². The number of quaternary nitrogens is 1. The molecule has 2 heterocycles. The number of hydrogen-bond donors (Lipinski definition) is 3. The first-order chi connectivity index (χ1) is 14.0. The minimum atomic E-state index is -0.611. The second-order valence-corrected chi connectivity index (χ2v) is 7.65. The summed E-state index contributed by atoms with van der Waals surface area (Å²) < 4.78 is 0. The standard InChI is InChI=1S/C22H29N5O2/c1-26(2)19-7-5-18(6-8-19)20(27-13-3-4-14-27)16-25-22(29)21(28)24-15-17-9-11-23-12-10-17/h5-12,20H,3-4,13-16H2,1-2H3,(H,24,28)(H,25,29)/p+1/t20-/m1/s1. The van der Waals surface area contributed by atoms with E-state index in [2.05, 4.69) is 44.8 Å². The van der Waals surface area contributed by atoms with Crippen LogP contribution in [0.1, 0.15) is 30.0 Å². The van der Waals surface area contributed by atoms with Gasteiger partial charge in [-0.1, -0.05) is 12.1 Å². The number of aromatic nitrogens is 1. The van der Waals surface area contributed by atoms with Crippen molar-refractivity contribution in [2.75, 3.05) is 38.6 Å². The van der Waals surface area contributed by atoms with E-state index in [1.54, 1.807) is 12.4 Å². The van der Waals surface area contributed by atoms with Gasteiger partial charge in [-0.15, -0.1) is 0 Å². The molecular weight excluding hydrogens is 366 g/mol. The molecule has 2 amide bonds. The molecule has 0 aliphatic carbocycles. The highest BCUT2D eigenvalue weighted by atomic mass is 16.2. The van der Waals surface area contributed by atoms with Crippen LogP contribution in [-0.4, -0.2) is 50.5 Å². The fourth-order valence-electron chi connectivity index (χ4n) is 3.72. The van der Waals surface area contributed by atoms with Crippen molar-refractivity contribution in [1.29, 1.82) is 0 Å². The van der Waals surface area contributed by atoms with E-state index in [1.807, 2.05) is 26.2 Å². The summed E-state index contributed by atoms with van der Waals surface area (Å²) in [4.78, 5) is 31.9. The molecule has 29 heavy (non-hydrogen) atoms. The Hall–Kier alpha value is -2.93. The van der Waals surface area contributed by atoms with Gasteiger partial charge in [0.25, 0.3) is 0 Å². The Morgan fingerprint density at radius 3 is 2.24 bits per heavy atom. The second-order valence-electron chi connectivity index (χ2n) is 7.65. The molecule has 3 N–H and O–H groups in total. The minimum absolute atomic E-state index is 0.144. The van der Waals surface area contributed by atoms with Gasteiger partial charge >= 0.3 is 11.8 Å². The molecule has 1 aliphatic rings. The van der Waals surface area contributed by atoms with Crippen molar-refractivity contribution in [3.05, 3.63) is 59.9 Å². The summed E-state index contributed by atoms with van der Waals surface area (Å²) in [7, 11) is 4.03. The van der Waals surface area contributed by atoms with Crippen molar-refractivity contribution in [3.8, 4) is 0 Å². The number of pyridine rings is 1. The molecule has 1 atom stereocenters. The molecule has 1 aliphatic heterocycles. The fraction of sp³-hybridized carbons (Fsp3) is 0.409. The highest BCUT2D eigenvalue weighted by Gasteiger charge is 2.28. The summed E-state index contributed by atoms with van der Waals surface area (Å²) in [5.41, 5.74) is 3.23. The fourth-order valence-corrected chi connectivity index (χ4v) is 3.72. The van der Waals surface area contributed by atoms with Crippen molar-refractivity contribution in [2.24, 2.45) is 0 Å². The SMILES string of the molecule is CN(C)c1ccc([C@@H](CNC(=O)C(=O)NCc2ccncc2)[NH+]2CCCC2)cc1. The Balaban J connectivity index is 1.59. The first-order valence-electron chi connectivity index (χ1n) is 10.1. The van der Waals surface area contributed by atoms with E-state index in [0.29, 0.717) is 13.1 Å². The molecule has 1 saturated heterocycles. The summed E-state index contributed by atoms with van der Waals surface area (Å²) >= 11 is 0. The highest BCUT2D eigenvalue weighted by Crippen LogP contribution is 2.17. The average molecular weight is 397 g/mol. The molecule has 1 aromatic heterocycles. The topological polar surface area (TPSA) is 78.8 Å². The summed E-state index contributed by atoms with van der Waals surface area (Å²) in [5, 5.41) is 5.50. The first kappa shape index (κ1) is 20.8. The van der Waals surface area contributed by atoms with E-state index in [9.17, 15) is 9.59 Å². The van der Waals surface area contributed by atoms with E-state index >= 15 is 0 Å². The van der Waals surface area contributed by atoms with Crippen LogP contribution in [-0.2, 0) is 16.1 Å². The molecule has 7 nitrogen and oxygen atoms in total. The van der Waals surface area contributed by atoms with Crippen molar-refractivity contribution in [2.45, 2.75) is 25.4 Å². The second kappa shape index (κ2) is 10.0. The first-order valence-corrected chi connectivity index (χ1v) is 10.1. The van der Waals surface area contributed by atoms with Gasteiger partial charge in [-0.2, -0.15) is 0 Å². The molecule has 0 unspecified atom stereocenters. The van der Waals surface area contributed by atoms with E-state index < -0.39 is 11.8 Å². The zero-order valence-corrected chi connectivity index (χ0v) is 17.1. The molecule has 154 valence electrons. The summed E-state index contributed by atoms with van der Waals surface area (Å²) in [5.74, 6) is -1.20. The molecule has 3 rings (SSSR count). The van der Waals surface area contributed by atoms with E-state index in [0.717, 1.165) is 24.3 Å². The lowest BCUT2D eigenvalue weighted by atomic mass is 10.0. The summed E-state index contributed by atoms with van der Waals surface area (Å²) in [6.45, 7) is 2.92. The zero-order valence-electron chi connectivity index (χ0n) is 17.1. The molecule has 1 fully saturated rings. The van der Waals surface area contributed by atoms with Gasteiger partial charge in [-0.05, 0) is 29.8 Å². The minimum Gasteiger partial charge on any atom is -0.378 e. The van der Waals surface area contributed by atoms with Crippen LogP contribution in [0.25, 0.3) is 0 Å². The van der Waals surface area contributed by atoms with Crippen LogP contribution in [0.3, 0.4) is 0 Å². The van der Waals surface area contributed by atoms with Gasteiger partial charge in [0, 0.05) is 57.1 Å². The number of carbonyl (C=O) groups is 2. The van der Waals surface area contributed by atoms with Crippen molar-refractivity contribution in [1.82, 2.24) is 15.6 Å². The van der Waals surface area contributed by atoms with Gasteiger partial charge in [-0.25, -0.2) is 0 Å². The van der Waals surface area contributed by atoms with Gasteiger partial charge in [0.05, 0.1) is 19.6 Å². The van der Waals surface area contributed by atoms with E-state index in [4.69, 9.17) is 0 Å². The number of nitrogens with zero attached hydrogens (tertiary/aromatic N) is 2. The number of amides is 2. The Morgan fingerprint density at radius 1 is 1.00 bits per heavy atom. The van der Waals surface area contributed by atoms with Crippen LogP contribution in [0.4, 0.5) is 5.69 Å². The lowest BCUT2D eigenvalue weighted by Gasteiger charge is -2.25. The maximum absolute atomic E-state index is 12.3. The largest absolute Gasteiger partial charge is 0.378 e. The molecular formula is C22H30N5O2+. The number of anilines is 1. The zero-order chi connectivity index (χ0) is 20.6. The third-order valence-corrected chi connectivity index (χ3v) is 5.43. The molecule has 7 heteroatoms. The normalized spacial score (nSPS) is 15.0. The predicted octanol–water partition coefficient (Wildman–Crippen LogP) is 0.300. The van der Waals surface area contributed by atoms with Gasteiger partial charge < -0.3 is 20.4 Å². The Morgan fingerprint density at radius 2 is 1.62 bits per heavy atom. The lowest BCUT2D eigenvalue weighted by molar-refractivity contribution is -0.918. The van der Waals surface area contributed by atoms with Gasteiger partial charge in [0.2, 0.25) is 0 Å². The third-order valence-electron chi connectivity index (χ3n) is 5.43. The Kier molecular flexibility index (Phi) is 7.19. The molecule has 1 aromatic carbocycles. The lowest BCUT2D eigenvalue weighted by Crippen LogP contribution is -3.11. The van der Waals surface area contributed by atoms with Gasteiger partial charge in [0.1, 0.15) is 6.04 Å². The molecule has 0 radical (unpaired) electrons. The number of hydrogen-bond acceptors (Lipinski definition) is 4. The van der Waals surface area contributed by atoms with E-state index in [1.165, 1.54) is 23.3 Å². The number of nitrogens with one attached hydrogen (secondary N) is 3. The highest BCUT2D eigenvalue weighted by molar-refractivity contribution is 6.35. The van der Waals surface area contributed by atoms with Crippen LogP contribution in [0.5, 0.6) is 0 Å². The Bertz CT molecular complexity index is 802. The van der Waals surface area contributed by atoms with Crippen LogP contribution in [0.15, 0.2) is 48.8 Å².